The Morgan fingerprint density at radius 3 is 2.79 bits per heavy atom. The van der Waals surface area contributed by atoms with Crippen LogP contribution >= 0.6 is 11.3 Å². The second-order valence-corrected chi connectivity index (χ2v) is 7.59. The SMILES string of the molecule is CCNC(=NCC(=O)NCc1ccco1)NCC(c1cccs1)N1CCOCC1. The average Bonchev–Trinajstić information content (AvgIpc) is 3.46. The lowest BCUT2D eigenvalue weighted by Crippen LogP contribution is -2.46. The largest absolute Gasteiger partial charge is 0.467 e. The van der Waals surface area contributed by atoms with E-state index in [1.165, 1.54) is 4.88 Å². The summed E-state index contributed by atoms with van der Waals surface area (Å²) in [4.78, 5) is 20.3. The summed E-state index contributed by atoms with van der Waals surface area (Å²) < 4.78 is 10.7. The fraction of sp³-hybridized carbons (Fsp3) is 0.500. The molecule has 3 heterocycles. The molecule has 1 fully saturated rings. The second-order valence-electron chi connectivity index (χ2n) is 6.61. The normalized spacial score (nSPS) is 16.4. The van der Waals surface area contributed by atoms with Gasteiger partial charge in [0, 0.05) is 31.1 Å². The van der Waals surface area contributed by atoms with Crippen LogP contribution in [-0.4, -0.2) is 62.7 Å². The van der Waals surface area contributed by atoms with Gasteiger partial charge in [0.1, 0.15) is 12.3 Å². The first-order chi connectivity index (χ1) is 14.3. The third kappa shape index (κ3) is 6.88. The number of furan rings is 1. The maximum Gasteiger partial charge on any atom is 0.242 e. The molecular weight excluding hydrogens is 390 g/mol. The van der Waals surface area contributed by atoms with Crippen molar-refractivity contribution in [2.24, 2.45) is 4.99 Å². The van der Waals surface area contributed by atoms with Crippen molar-refractivity contribution in [3.05, 3.63) is 46.5 Å². The number of thiophene rings is 1. The highest BCUT2D eigenvalue weighted by atomic mass is 32.1. The van der Waals surface area contributed by atoms with Gasteiger partial charge >= 0.3 is 0 Å². The quantitative estimate of drug-likeness (QED) is 0.422. The van der Waals surface area contributed by atoms with Gasteiger partial charge in [0.25, 0.3) is 0 Å². The lowest BCUT2D eigenvalue weighted by molar-refractivity contribution is -0.119. The van der Waals surface area contributed by atoms with Crippen molar-refractivity contribution in [1.29, 1.82) is 0 Å². The molecule has 1 aliphatic heterocycles. The Hall–Kier alpha value is -2.36. The summed E-state index contributed by atoms with van der Waals surface area (Å²) in [6.07, 6.45) is 1.59. The number of nitrogens with zero attached hydrogens (tertiary/aromatic N) is 2. The van der Waals surface area contributed by atoms with Crippen LogP contribution in [0.4, 0.5) is 0 Å². The maximum atomic E-state index is 12.1. The molecule has 2 aromatic rings. The molecular formula is C20H29N5O3S. The Morgan fingerprint density at radius 1 is 1.24 bits per heavy atom. The Bertz CT molecular complexity index is 742. The van der Waals surface area contributed by atoms with Crippen molar-refractivity contribution in [3.63, 3.8) is 0 Å². The van der Waals surface area contributed by atoms with Crippen molar-refractivity contribution < 1.29 is 13.9 Å². The van der Waals surface area contributed by atoms with E-state index in [0.29, 0.717) is 19.0 Å². The molecule has 29 heavy (non-hydrogen) atoms. The van der Waals surface area contributed by atoms with Gasteiger partial charge in [-0.3, -0.25) is 9.69 Å². The monoisotopic (exact) mass is 419 g/mol. The van der Waals surface area contributed by atoms with E-state index in [1.54, 1.807) is 23.7 Å². The van der Waals surface area contributed by atoms with Gasteiger partial charge in [-0.15, -0.1) is 11.3 Å². The van der Waals surface area contributed by atoms with Gasteiger partial charge in [-0.25, -0.2) is 4.99 Å². The van der Waals surface area contributed by atoms with Gasteiger partial charge in [-0.05, 0) is 30.5 Å². The second kappa shape index (κ2) is 11.6. The van der Waals surface area contributed by atoms with Crippen LogP contribution in [0.3, 0.4) is 0 Å². The molecule has 3 N–H and O–H groups in total. The molecule has 158 valence electrons. The predicted molar refractivity (Wildman–Crippen MR) is 114 cm³/mol. The van der Waals surface area contributed by atoms with Crippen molar-refractivity contribution in [1.82, 2.24) is 20.9 Å². The topological polar surface area (TPSA) is 91.1 Å². The highest BCUT2D eigenvalue weighted by Gasteiger charge is 2.23. The molecule has 0 aromatic carbocycles. The average molecular weight is 420 g/mol. The minimum Gasteiger partial charge on any atom is -0.467 e. The van der Waals surface area contributed by atoms with Crippen LogP contribution in [0.2, 0.25) is 0 Å². The zero-order valence-corrected chi connectivity index (χ0v) is 17.5. The summed E-state index contributed by atoms with van der Waals surface area (Å²) in [5.74, 6) is 1.20. The van der Waals surface area contributed by atoms with Crippen LogP contribution in [0.25, 0.3) is 0 Å². The Labute approximate surface area is 175 Å². The third-order valence-electron chi connectivity index (χ3n) is 4.59. The van der Waals surface area contributed by atoms with Crippen LogP contribution in [0.15, 0.2) is 45.3 Å². The number of guanidine groups is 1. The van der Waals surface area contributed by atoms with Gasteiger partial charge in [-0.2, -0.15) is 0 Å². The number of carbonyl (C=O) groups excluding carboxylic acids is 1. The van der Waals surface area contributed by atoms with E-state index in [4.69, 9.17) is 9.15 Å². The molecule has 8 nitrogen and oxygen atoms in total. The Kier molecular flexibility index (Phi) is 8.54. The van der Waals surface area contributed by atoms with E-state index in [-0.39, 0.29) is 18.5 Å². The molecule has 1 amide bonds. The smallest absolute Gasteiger partial charge is 0.242 e. The summed E-state index contributed by atoms with van der Waals surface area (Å²) >= 11 is 1.76. The van der Waals surface area contributed by atoms with E-state index in [2.05, 4.69) is 43.4 Å². The van der Waals surface area contributed by atoms with Crippen LogP contribution in [0.1, 0.15) is 23.6 Å². The summed E-state index contributed by atoms with van der Waals surface area (Å²) in [5.41, 5.74) is 0. The fourth-order valence-corrected chi connectivity index (χ4v) is 3.98. The van der Waals surface area contributed by atoms with E-state index < -0.39 is 0 Å². The Balaban J connectivity index is 1.54. The van der Waals surface area contributed by atoms with E-state index in [1.807, 2.05) is 13.0 Å². The molecule has 1 saturated heterocycles. The minimum atomic E-state index is -0.151. The first-order valence-corrected chi connectivity index (χ1v) is 10.8. The molecule has 9 heteroatoms. The van der Waals surface area contributed by atoms with Crippen LogP contribution in [0.5, 0.6) is 0 Å². The molecule has 1 unspecified atom stereocenters. The highest BCUT2D eigenvalue weighted by Crippen LogP contribution is 2.25. The predicted octanol–water partition coefficient (Wildman–Crippen LogP) is 1.59. The number of amides is 1. The summed E-state index contributed by atoms with van der Waals surface area (Å²) in [5, 5.41) is 11.5. The minimum absolute atomic E-state index is 0.0528. The number of hydrogen-bond acceptors (Lipinski definition) is 6. The van der Waals surface area contributed by atoms with Crippen LogP contribution in [0, 0.1) is 0 Å². The van der Waals surface area contributed by atoms with Gasteiger partial charge in [0.05, 0.1) is 32.1 Å². The van der Waals surface area contributed by atoms with Gasteiger partial charge in [0.2, 0.25) is 5.91 Å². The molecule has 0 aliphatic carbocycles. The molecule has 0 radical (unpaired) electrons. The van der Waals surface area contributed by atoms with E-state index in [9.17, 15) is 4.79 Å². The van der Waals surface area contributed by atoms with Crippen LogP contribution < -0.4 is 16.0 Å². The standard InChI is InChI=1S/C20H29N5O3S/c1-2-21-20(24-15-19(26)22-13-16-5-3-9-28-16)23-14-17(18-6-4-12-29-18)25-7-10-27-11-8-25/h3-6,9,12,17H,2,7-8,10-11,13-15H2,1H3,(H,22,26)(H2,21,23,24). The van der Waals surface area contributed by atoms with Crippen molar-refractivity contribution in [3.8, 4) is 0 Å². The summed E-state index contributed by atoms with van der Waals surface area (Å²) in [7, 11) is 0. The third-order valence-corrected chi connectivity index (χ3v) is 5.56. The molecule has 0 saturated carbocycles. The van der Waals surface area contributed by atoms with Gasteiger partial charge in [0.15, 0.2) is 5.96 Å². The number of morpholine rings is 1. The first-order valence-electron chi connectivity index (χ1n) is 9.92. The Morgan fingerprint density at radius 2 is 2.10 bits per heavy atom. The summed E-state index contributed by atoms with van der Waals surface area (Å²) in [6, 6.07) is 8.11. The van der Waals surface area contributed by atoms with Gasteiger partial charge in [-0.1, -0.05) is 6.07 Å². The van der Waals surface area contributed by atoms with E-state index >= 15 is 0 Å². The van der Waals surface area contributed by atoms with Crippen molar-refractivity contribution >= 4 is 23.2 Å². The molecule has 3 rings (SSSR count). The molecule has 0 bridgehead atoms. The number of nitrogens with one attached hydrogen (secondary N) is 3. The number of ether oxygens (including phenoxy) is 1. The zero-order chi connectivity index (χ0) is 20.3. The lowest BCUT2D eigenvalue weighted by Gasteiger charge is -2.34. The number of hydrogen-bond donors (Lipinski definition) is 3. The zero-order valence-electron chi connectivity index (χ0n) is 16.7. The van der Waals surface area contributed by atoms with Crippen molar-refractivity contribution in [2.75, 3.05) is 45.9 Å². The fourth-order valence-electron chi connectivity index (χ4n) is 3.12. The maximum absolute atomic E-state index is 12.1. The highest BCUT2D eigenvalue weighted by molar-refractivity contribution is 7.10. The molecule has 1 aliphatic rings. The first kappa shape index (κ1) is 21.4. The number of aliphatic imine (C=N–C) groups is 1. The molecule has 0 spiro atoms. The number of carbonyl (C=O) groups is 1. The van der Waals surface area contributed by atoms with Crippen molar-refractivity contribution in [2.45, 2.75) is 19.5 Å². The van der Waals surface area contributed by atoms with Crippen LogP contribution in [-0.2, 0) is 16.1 Å². The van der Waals surface area contributed by atoms with E-state index in [0.717, 1.165) is 38.6 Å². The summed E-state index contributed by atoms with van der Waals surface area (Å²) in [6.45, 7) is 7.19. The molecule has 2 aromatic heterocycles. The number of rotatable bonds is 9. The van der Waals surface area contributed by atoms with Gasteiger partial charge < -0.3 is 25.1 Å². The molecule has 1 atom stereocenters. The lowest BCUT2D eigenvalue weighted by atomic mass is 10.2.